The molecule has 1 heterocycles. The molecule has 158 valence electrons. The predicted molar refractivity (Wildman–Crippen MR) is 112 cm³/mol. The number of carbonyl (C=O) groups is 1. The number of carbonyl (C=O) groups excluding carboxylic acids is 1. The maximum absolute atomic E-state index is 12.8. The number of alkyl halides is 3. The molecule has 0 aliphatic carbocycles. The number of benzene rings is 2. The van der Waals surface area contributed by atoms with Gasteiger partial charge in [-0.25, -0.2) is 0 Å². The summed E-state index contributed by atoms with van der Waals surface area (Å²) in [4.78, 5) is 12.3. The molecule has 0 spiro atoms. The first-order chi connectivity index (χ1) is 14.3. The smallest absolute Gasteiger partial charge is 0.416 e. The van der Waals surface area contributed by atoms with Crippen LogP contribution in [-0.4, -0.2) is 30.6 Å². The summed E-state index contributed by atoms with van der Waals surface area (Å²) in [6, 6.07) is 9.79. The van der Waals surface area contributed by atoms with Crippen molar-refractivity contribution < 1.29 is 32.2 Å². The lowest BCUT2D eigenvalue weighted by Crippen LogP contribution is -2.17. The summed E-state index contributed by atoms with van der Waals surface area (Å²) in [7, 11) is 1.48. The van der Waals surface area contributed by atoms with Crippen molar-refractivity contribution in [2.24, 2.45) is 0 Å². The van der Waals surface area contributed by atoms with Crippen LogP contribution in [0.25, 0.3) is 6.08 Å². The fraction of sp³-hybridized carbons (Fsp3) is 0.200. The second kappa shape index (κ2) is 9.40. The number of methoxy groups -OCH3 is 1. The van der Waals surface area contributed by atoms with E-state index >= 15 is 0 Å². The molecule has 3 rings (SSSR count). The van der Waals surface area contributed by atoms with Crippen molar-refractivity contribution in [3.8, 4) is 17.2 Å². The van der Waals surface area contributed by atoms with E-state index in [0.717, 1.165) is 23.9 Å². The van der Waals surface area contributed by atoms with E-state index in [4.69, 9.17) is 26.4 Å². The Kier molecular flexibility index (Phi) is 6.88. The van der Waals surface area contributed by atoms with Gasteiger partial charge in [0.25, 0.3) is 5.91 Å². The van der Waals surface area contributed by atoms with Crippen LogP contribution in [0.3, 0.4) is 0 Å². The van der Waals surface area contributed by atoms with Crippen LogP contribution in [0.15, 0.2) is 47.4 Å². The van der Waals surface area contributed by atoms with E-state index in [1.807, 2.05) is 0 Å². The van der Waals surface area contributed by atoms with Crippen LogP contribution in [0, 0.1) is 0 Å². The molecule has 0 saturated carbocycles. The summed E-state index contributed by atoms with van der Waals surface area (Å²) in [5.74, 6) is 0.607. The zero-order valence-electron chi connectivity index (χ0n) is 15.6. The van der Waals surface area contributed by atoms with Crippen LogP contribution in [0.1, 0.15) is 11.1 Å². The molecule has 5 nitrogen and oxygen atoms in total. The van der Waals surface area contributed by atoms with Gasteiger partial charge in [0, 0.05) is 5.56 Å². The van der Waals surface area contributed by atoms with E-state index in [1.54, 1.807) is 24.3 Å². The number of thioether (sulfide) groups is 1. The molecule has 1 amide bonds. The van der Waals surface area contributed by atoms with Crippen molar-refractivity contribution in [3.05, 3.63) is 58.5 Å². The minimum atomic E-state index is -4.44. The number of amides is 1. The van der Waals surface area contributed by atoms with Crippen molar-refractivity contribution in [3.63, 3.8) is 0 Å². The molecule has 0 radical (unpaired) electrons. The third-order valence-corrected chi connectivity index (χ3v) is 5.08. The Bertz CT molecular complexity index is 992. The number of halogens is 3. The van der Waals surface area contributed by atoms with Gasteiger partial charge in [0.1, 0.15) is 23.3 Å². The van der Waals surface area contributed by atoms with Gasteiger partial charge >= 0.3 is 6.18 Å². The van der Waals surface area contributed by atoms with Gasteiger partial charge in [-0.1, -0.05) is 42.2 Å². The monoisotopic (exact) mass is 455 g/mol. The van der Waals surface area contributed by atoms with E-state index < -0.39 is 11.7 Å². The lowest BCUT2D eigenvalue weighted by Gasteiger charge is -2.14. The molecule has 2 aromatic rings. The average Bonchev–Trinajstić information content (AvgIpc) is 3.02. The standard InChI is InChI=1S/C20H16F3NO4S2/c1-26-15-7-2-4-12(10-16-18(25)24-19(29)30-16)17(15)28-9-8-27-14-6-3-5-13(11-14)20(21,22)23/h2-7,10-11H,8-9H2,1H3,(H,24,25,29). The van der Waals surface area contributed by atoms with Crippen LogP contribution in [0.5, 0.6) is 17.2 Å². The van der Waals surface area contributed by atoms with Crippen LogP contribution in [0.4, 0.5) is 13.2 Å². The molecule has 0 atom stereocenters. The number of thiocarbonyl (C=S) groups is 1. The summed E-state index contributed by atoms with van der Waals surface area (Å²) < 4.78 is 55.2. The van der Waals surface area contributed by atoms with Crippen molar-refractivity contribution in [1.29, 1.82) is 0 Å². The fourth-order valence-electron chi connectivity index (χ4n) is 2.59. The number of rotatable bonds is 7. The van der Waals surface area contributed by atoms with Gasteiger partial charge in [-0.05, 0) is 30.3 Å². The van der Waals surface area contributed by atoms with Crippen LogP contribution in [0.2, 0.25) is 0 Å². The first-order valence-corrected chi connectivity index (χ1v) is 9.85. The van der Waals surface area contributed by atoms with Crippen molar-refractivity contribution in [2.75, 3.05) is 20.3 Å². The highest BCUT2D eigenvalue weighted by Gasteiger charge is 2.30. The summed E-state index contributed by atoms with van der Waals surface area (Å²) in [6.07, 6.45) is -2.81. The van der Waals surface area contributed by atoms with E-state index in [9.17, 15) is 18.0 Å². The van der Waals surface area contributed by atoms with E-state index in [1.165, 1.54) is 19.2 Å². The molecular weight excluding hydrogens is 439 g/mol. The van der Waals surface area contributed by atoms with Crippen molar-refractivity contribution in [2.45, 2.75) is 6.18 Å². The Morgan fingerprint density at radius 1 is 1.13 bits per heavy atom. The van der Waals surface area contributed by atoms with Crippen molar-refractivity contribution in [1.82, 2.24) is 5.32 Å². The number of para-hydroxylation sites is 1. The van der Waals surface area contributed by atoms with E-state index in [2.05, 4.69) is 5.32 Å². The zero-order valence-corrected chi connectivity index (χ0v) is 17.2. The molecule has 2 aromatic carbocycles. The highest BCUT2D eigenvalue weighted by molar-refractivity contribution is 8.26. The number of hydrogen-bond donors (Lipinski definition) is 1. The van der Waals surface area contributed by atoms with Gasteiger partial charge in [0.15, 0.2) is 11.5 Å². The molecule has 1 N–H and O–H groups in total. The SMILES string of the molecule is COc1cccc(C=C2SC(=S)NC2=O)c1OCCOc1cccc(C(F)(F)F)c1. The van der Waals surface area contributed by atoms with Crippen LogP contribution < -0.4 is 19.5 Å². The van der Waals surface area contributed by atoms with Crippen LogP contribution in [-0.2, 0) is 11.0 Å². The normalized spacial score (nSPS) is 15.3. The molecule has 0 aromatic heterocycles. The minimum Gasteiger partial charge on any atom is -0.493 e. The quantitative estimate of drug-likeness (QED) is 0.372. The van der Waals surface area contributed by atoms with Gasteiger partial charge in [-0.3, -0.25) is 4.79 Å². The fourth-order valence-corrected chi connectivity index (χ4v) is 3.62. The predicted octanol–water partition coefficient (Wildman–Crippen LogP) is 4.66. The molecule has 1 fully saturated rings. The van der Waals surface area contributed by atoms with Crippen molar-refractivity contribution >= 4 is 40.3 Å². The van der Waals surface area contributed by atoms with Gasteiger partial charge < -0.3 is 19.5 Å². The first-order valence-electron chi connectivity index (χ1n) is 8.62. The van der Waals surface area contributed by atoms with Gasteiger partial charge in [0.05, 0.1) is 17.6 Å². The molecular formula is C20H16F3NO4S2. The third kappa shape index (κ3) is 5.45. The summed E-state index contributed by atoms with van der Waals surface area (Å²) in [5, 5.41) is 2.54. The maximum atomic E-state index is 12.8. The summed E-state index contributed by atoms with van der Waals surface area (Å²) >= 11 is 6.12. The van der Waals surface area contributed by atoms with Crippen LogP contribution >= 0.6 is 24.0 Å². The molecule has 0 unspecified atom stereocenters. The first kappa shape index (κ1) is 22.0. The van der Waals surface area contributed by atoms with Gasteiger partial charge in [0.2, 0.25) is 0 Å². The Labute approximate surface area is 180 Å². The lowest BCUT2D eigenvalue weighted by atomic mass is 10.1. The Morgan fingerprint density at radius 3 is 2.53 bits per heavy atom. The summed E-state index contributed by atoms with van der Waals surface area (Å²) in [5.41, 5.74) is -0.194. The largest absolute Gasteiger partial charge is 0.493 e. The van der Waals surface area contributed by atoms with E-state index in [-0.39, 0.29) is 24.9 Å². The second-order valence-electron chi connectivity index (χ2n) is 5.95. The zero-order chi connectivity index (χ0) is 21.7. The molecule has 0 bridgehead atoms. The molecule has 1 aliphatic rings. The lowest BCUT2D eigenvalue weighted by molar-refractivity contribution is -0.137. The Morgan fingerprint density at radius 2 is 1.87 bits per heavy atom. The van der Waals surface area contributed by atoms with Gasteiger partial charge in [-0.2, -0.15) is 13.2 Å². The second-order valence-corrected chi connectivity index (χ2v) is 7.67. The Balaban J connectivity index is 1.69. The molecule has 1 saturated heterocycles. The number of nitrogens with one attached hydrogen (secondary N) is 1. The highest BCUT2D eigenvalue weighted by Crippen LogP contribution is 2.35. The summed E-state index contributed by atoms with van der Waals surface area (Å²) in [6.45, 7) is 0.0548. The Hall–Kier alpha value is -2.72. The van der Waals surface area contributed by atoms with Gasteiger partial charge in [-0.15, -0.1) is 0 Å². The molecule has 10 heteroatoms. The number of hydrogen-bond acceptors (Lipinski definition) is 6. The highest BCUT2D eigenvalue weighted by atomic mass is 32.2. The third-order valence-electron chi connectivity index (χ3n) is 3.92. The maximum Gasteiger partial charge on any atom is 0.416 e. The average molecular weight is 455 g/mol. The topological polar surface area (TPSA) is 56.8 Å². The van der Waals surface area contributed by atoms with E-state index in [0.29, 0.717) is 26.3 Å². The molecule has 30 heavy (non-hydrogen) atoms. The number of ether oxygens (including phenoxy) is 3. The minimum absolute atomic E-state index is 0.00862. The molecule has 1 aliphatic heterocycles.